The number of hydrogen-bond donors (Lipinski definition) is 2. The molecule has 1 saturated heterocycles. The Kier molecular flexibility index (Phi) is 4.72. The molecule has 1 atom stereocenters. The van der Waals surface area contributed by atoms with Crippen LogP contribution in [0.4, 0.5) is 11.4 Å². The molecule has 0 bridgehead atoms. The van der Waals surface area contributed by atoms with Crippen LogP contribution in [-0.4, -0.2) is 24.4 Å². The monoisotopic (exact) mass is 351 g/mol. The lowest BCUT2D eigenvalue weighted by molar-refractivity contribution is -0.117. The molecule has 1 heterocycles. The van der Waals surface area contributed by atoms with Crippen molar-refractivity contribution >= 4 is 23.2 Å². The molecule has 5 nitrogen and oxygen atoms in total. The first-order valence-corrected chi connectivity index (χ1v) is 8.84. The summed E-state index contributed by atoms with van der Waals surface area (Å²) in [5.41, 5.74) is 8.77. The molecule has 0 aromatic heterocycles. The van der Waals surface area contributed by atoms with Gasteiger partial charge in [0.15, 0.2) is 0 Å². The van der Waals surface area contributed by atoms with E-state index in [9.17, 15) is 9.59 Å². The Morgan fingerprint density at radius 2 is 1.69 bits per heavy atom. The van der Waals surface area contributed by atoms with Crippen LogP contribution >= 0.6 is 0 Å². The van der Waals surface area contributed by atoms with Crippen LogP contribution in [0.5, 0.6) is 0 Å². The summed E-state index contributed by atoms with van der Waals surface area (Å²) in [5.74, 6) is -0.397. The molecule has 2 aromatic rings. The number of amides is 2. The van der Waals surface area contributed by atoms with Crippen molar-refractivity contribution in [2.45, 2.75) is 38.6 Å². The number of carbonyl (C=O) groups is 2. The highest BCUT2D eigenvalue weighted by Crippen LogP contribution is 2.28. The molecule has 0 radical (unpaired) electrons. The van der Waals surface area contributed by atoms with Gasteiger partial charge in [0.2, 0.25) is 11.8 Å². The van der Waals surface area contributed by atoms with Crippen molar-refractivity contribution in [2.75, 3.05) is 16.8 Å². The Morgan fingerprint density at radius 1 is 1.08 bits per heavy atom. The van der Waals surface area contributed by atoms with Gasteiger partial charge in [-0.25, -0.2) is 0 Å². The first-order valence-electron chi connectivity index (χ1n) is 8.84. The van der Waals surface area contributed by atoms with Gasteiger partial charge in [-0.2, -0.15) is 0 Å². The third-order valence-electron chi connectivity index (χ3n) is 4.76. The summed E-state index contributed by atoms with van der Waals surface area (Å²) in [6, 6.07) is 14.8. The smallest absolute Gasteiger partial charge is 0.249 e. The molecule has 3 N–H and O–H groups in total. The van der Waals surface area contributed by atoms with E-state index in [0.29, 0.717) is 12.1 Å². The van der Waals surface area contributed by atoms with Gasteiger partial charge in [-0.15, -0.1) is 0 Å². The van der Waals surface area contributed by atoms with Gasteiger partial charge in [0, 0.05) is 23.5 Å². The molecule has 1 aliphatic rings. The molecule has 5 heteroatoms. The van der Waals surface area contributed by atoms with Crippen LogP contribution in [0.2, 0.25) is 0 Å². The molecule has 2 aromatic carbocycles. The quantitative estimate of drug-likeness (QED) is 0.887. The summed E-state index contributed by atoms with van der Waals surface area (Å²) in [6.07, 6.45) is 0.734. The summed E-state index contributed by atoms with van der Waals surface area (Å²) in [7, 11) is 0. The second kappa shape index (κ2) is 6.83. The summed E-state index contributed by atoms with van der Waals surface area (Å²) in [6.45, 7) is 7.20. The number of nitrogens with one attached hydrogen (secondary N) is 1. The van der Waals surface area contributed by atoms with Crippen molar-refractivity contribution in [1.29, 1.82) is 0 Å². The molecule has 26 heavy (non-hydrogen) atoms. The molecule has 2 amide bonds. The fourth-order valence-electron chi connectivity index (χ4n) is 3.14. The lowest BCUT2D eigenvalue weighted by Gasteiger charge is -2.22. The predicted molar refractivity (Wildman–Crippen MR) is 104 cm³/mol. The molecular weight excluding hydrogens is 326 g/mol. The summed E-state index contributed by atoms with van der Waals surface area (Å²) < 4.78 is 0. The predicted octanol–water partition coefficient (Wildman–Crippen LogP) is 3.30. The minimum Gasteiger partial charge on any atom is -0.374 e. The second-order valence-electron chi connectivity index (χ2n) is 7.71. The van der Waals surface area contributed by atoms with Gasteiger partial charge in [0.25, 0.3) is 0 Å². The maximum atomic E-state index is 12.8. The standard InChI is InChI=1S/C21H25N3O2/c1-21(2,3)15-6-10-17(11-7-15)24-13-12-18(20(24)26)23-16-8-4-14(5-9-16)19(22)25/h4-11,18,23H,12-13H2,1-3H3,(H2,22,25). The van der Waals surface area contributed by atoms with Gasteiger partial charge in [-0.3, -0.25) is 9.59 Å². The fourth-order valence-corrected chi connectivity index (χ4v) is 3.14. The third kappa shape index (κ3) is 3.72. The lowest BCUT2D eigenvalue weighted by atomic mass is 9.87. The lowest BCUT2D eigenvalue weighted by Crippen LogP contribution is -2.33. The van der Waals surface area contributed by atoms with Crippen LogP contribution in [0.3, 0.4) is 0 Å². The van der Waals surface area contributed by atoms with E-state index >= 15 is 0 Å². The Balaban J connectivity index is 1.68. The summed E-state index contributed by atoms with van der Waals surface area (Å²) in [4.78, 5) is 25.7. The van der Waals surface area contributed by atoms with Gasteiger partial charge < -0.3 is 16.0 Å². The molecule has 1 fully saturated rings. The zero-order chi connectivity index (χ0) is 18.9. The van der Waals surface area contributed by atoms with E-state index in [2.05, 4.69) is 38.2 Å². The third-order valence-corrected chi connectivity index (χ3v) is 4.76. The van der Waals surface area contributed by atoms with Crippen LogP contribution in [0.15, 0.2) is 48.5 Å². The number of nitrogens with two attached hydrogens (primary N) is 1. The van der Waals surface area contributed by atoms with Crippen LogP contribution in [-0.2, 0) is 10.2 Å². The molecule has 0 spiro atoms. The van der Waals surface area contributed by atoms with Crippen molar-refractivity contribution in [1.82, 2.24) is 0 Å². The van der Waals surface area contributed by atoms with Crippen molar-refractivity contribution in [3.63, 3.8) is 0 Å². The van der Waals surface area contributed by atoms with Crippen molar-refractivity contribution in [3.8, 4) is 0 Å². The van der Waals surface area contributed by atoms with Gasteiger partial charge in [0.1, 0.15) is 6.04 Å². The number of nitrogens with zero attached hydrogens (tertiary/aromatic N) is 1. The van der Waals surface area contributed by atoms with E-state index in [-0.39, 0.29) is 17.4 Å². The van der Waals surface area contributed by atoms with E-state index < -0.39 is 5.91 Å². The Labute approximate surface area is 154 Å². The molecule has 1 aliphatic heterocycles. The second-order valence-corrected chi connectivity index (χ2v) is 7.71. The van der Waals surface area contributed by atoms with E-state index in [1.54, 1.807) is 24.3 Å². The molecule has 0 aliphatic carbocycles. The molecule has 0 saturated carbocycles. The average Bonchev–Trinajstić information content (AvgIpc) is 2.95. The number of benzene rings is 2. The topological polar surface area (TPSA) is 75.4 Å². The normalized spacial score (nSPS) is 17.4. The minimum absolute atomic E-state index is 0.0625. The highest BCUT2D eigenvalue weighted by atomic mass is 16.2. The van der Waals surface area contributed by atoms with E-state index in [0.717, 1.165) is 17.8 Å². The van der Waals surface area contributed by atoms with Gasteiger partial charge in [0.05, 0.1) is 0 Å². The maximum absolute atomic E-state index is 12.8. The SMILES string of the molecule is CC(C)(C)c1ccc(N2CCC(Nc3ccc(C(N)=O)cc3)C2=O)cc1. The van der Waals surface area contributed by atoms with E-state index in [1.807, 2.05) is 17.0 Å². The Hall–Kier alpha value is -2.82. The van der Waals surface area contributed by atoms with Crippen LogP contribution in [0, 0.1) is 0 Å². The van der Waals surface area contributed by atoms with E-state index in [1.165, 1.54) is 5.56 Å². The molecule has 3 rings (SSSR count). The molecule has 1 unspecified atom stereocenters. The number of anilines is 2. The number of rotatable bonds is 4. The van der Waals surface area contributed by atoms with E-state index in [4.69, 9.17) is 5.73 Å². The van der Waals surface area contributed by atoms with Gasteiger partial charge in [-0.1, -0.05) is 32.9 Å². The fraction of sp³-hybridized carbons (Fsp3) is 0.333. The largest absolute Gasteiger partial charge is 0.374 e. The molecular formula is C21H25N3O2. The first kappa shape index (κ1) is 18.0. The number of primary amides is 1. The van der Waals surface area contributed by atoms with Gasteiger partial charge >= 0.3 is 0 Å². The minimum atomic E-state index is -0.460. The highest BCUT2D eigenvalue weighted by Gasteiger charge is 2.32. The van der Waals surface area contributed by atoms with Crippen molar-refractivity contribution < 1.29 is 9.59 Å². The van der Waals surface area contributed by atoms with Gasteiger partial charge in [-0.05, 0) is 53.8 Å². The highest BCUT2D eigenvalue weighted by molar-refractivity contribution is 6.01. The maximum Gasteiger partial charge on any atom is 0.249 e. The number of carbonyl (C=O) groups excluding carboxylic acids is 2. The zero-order valence-electron chi connectivity index (χ0n) is 15.5. The van der Waals surface area contributed by atoms with Crippen LogP contribution in [0.1, 0.15) is 43.1 Å². The summed E-state index contributed by atoms with van der Waals surface area (Å²) >= 11 is 0. The Bertz CT molecular complexity index is 805. The number of hydrogen-bond acceptors (Lipinski definition) is 3. The van der Waals surface area contributed by atoms with Crippen LogP contribution < -0.4 is 16.0 Å². The Morgan fingerprint density at radius 3 is 2.23 bits per heavy atom. The molecule has 136 valence electrons. The van der Waals surface area contributed by atoms with Crippen molar-refractivity contribution in [3.05, 3.63) is 59.7 Å². The first-order chi connectivity index (χ1) is 12.3. The zero-order valence-corrected chi connectivity index (χ0v) is 15.5. The summed E-state index contributed by atoms with van der Waals surface area (Å²) in [5, 5.41) is 3.25. The average molecular weight is 351 g/mol. The van der Waals surface area contributed by atoms with Crippen molar-refractivity contribution in [2.24, 2.45) is 5.73 Å². The van der Waals surface area contributed by atoms with Crippen LogP contribution in [0.25, 0.3) is 0 Å².